The summed E-state index contributed by atoms with van der Waals surface area (Å²) >= 11 is 3.96. The number of benzene rings is 1. The molecule has 0 spiro atoms. The van der Waals surface area contributed by atoms with E-state index in [-0.39, 0.29) is 20.3 Å². The largest absolute Gasteiger partial charge is 0.478 e. The Kier molecular flexibility index (Phi) is 4.32. The van der Waals surface area contributed by atoms with Crippen LogP contribution in [0, 0.1) is 11.3 Å². The van der Waals surface area contributed by atoms with E-state index < -0.39 is 16.0 Å². The minimum absolute atomic E-state index is 0.0521. The Bertz CT molecular complexity index is 852. The maximum Gasteiger partial charge on any atom is 0.337 e. The van der Waals surface area contributed by atoms with E-state index in [0.29, 0.717) is 4.47 Å². The van der Waals surface area contributed by atoms with Crippen LogP contribution in [0.3, 0.4) is 0 Å². The topological polar surface area (TPSA) is 107 Å². The number of rotatable bonds is 4. The third-order valence-corrected chi connectivity index (χ3v) is 5.75. The third-order valence-electron chi connectivity index (χ3n) is 2.41. The number of hydrogen-bond acceptors (Lipinski definition) is 5. The molecule has 0 aliphatic heterocycles. The van der Waals surface area contributed by atoms with Crippen molar-refractivity contribution in [1.82, 2.24) is 0 Å². The molecule has 2 aromatic rings. The summed E-state index contributed by atoms with van der Waals surface area (Å²) in [6, 6.07) is 8.68. The standard InChI is InChI=1S/C12H7BrN2O4S2/c13-7-1-3-9(12(16)17)10(5-7)15-21(18,19)11-4-2-8(6-14)20-11/h1-5,15H,(H,16,17). The second-order valence-corrected chi connectivity index (χ2v) is 7.74. The summed E-state index contributed by atoms with van der Waals surface area (Å²) in [5, 5.41) is 17.8. The molecule has 0 fully saturated rings. The van der Waals surface area contributed by atoms with Gasteiger partial charge in [-0.2, -0.15) is 5.26 Å². The first-order chi connectivity index (χ1) is 9.83. The number of carboxylic acids is 1. The average Bonchev–Trinajstić information content (AvgIpc) is 2.87. The molecule has 0 saturated carbocycles. The lowest BCUT2D eigenvalue weighted by Crippen LogP contribution is -2.14. The molecule has 0 radical (unpaired) electrons. The van der Waals surface area contributed by atoms with Gasteiger partial charge < -0.3 is 5.11 Å². The number of hydrogen-bond donors (Lipinski definition) is 2. The first kappa shape index (κ1) is 15.5. The zero-order valence-corrected chi connectivity index (χ0v) is 13.4. The fourth-order valence-corrected chi connectivity index (χ4v) is 4.04. The molecule has 1 aromatic heterocycles. The van der Waals surface area contributed by atoms with E-state index in [0.717, 1.165) is 11.3 Å². The quantitative estimate of drug-likeness (QED) is 0.839. The van der Waals surface area contributed by atoms with Crippen molar-refractivity contribution < 1.29 is 18.3 Å². The molecule has 0 unspecified atom stereocenters. The molecule has 0 atom stereocenters. The minimum atomic E-state index is -3.94. The van der Waals surface area contributed by atoms with Crippen LogP contribution in [-0.2, 0) is 10.0 Å². The predicted molar refractivity (Wildman–Crippen MR) is 80.9 cm³/mol. The Morgan fingerprint density at radius 2 is 2.05 bits per heavy atom. The van der Waals surface area contributed by atoms with Crippen LogP contribution in [-0.4, -0.2) is 19.5 Å². The van der Waals surface area contributed by atoms with E-state index in [1.807, 2.05) is 6.07 Å². The number of nitrogens with one attached hydrogen (secondary N) is 1. The molecule has 6 nitrogen and oxygen atoms in total. The summed E-state index contributed by atoms with van der Waals surface area (Å²) in [6.45, 7) is 0. The number of carboxylic acid groups (broad SMARTS) is 1. The minimum Gasteiger partial charge on any atom is -0.478 e. The number of halogens is 1. The monoisotopic (exact) mass is 386 g/mol. The molecule has 0 aliphatic carbocycles. The van der Waals surface area contributed by atoms with E-state index in [9.17, 15) is 13.2 Å². The Balaban J connectivity index is 2.43. The van der Waals surface area contributed by atoms with Crippen LogP contribution in [0.1, 0.15) is 15.2 Å². The molecule has 2 N–H and O–H groups in total. The van der Waals surface area contributed by atoms with E-state index in [4.69, 9.17) is 10.4 Å². The highest BCUT2D eigenvalue weighted by Crippen LogP contribution is 2.27. The number of nitriles is 1. The normalized spacial score (nSPS) is 10.9. The van der Waals surface area contributed by atoms with E-state index in [2.05, 4.69) is 20.7 Å². The highest BCUT2D eigenvalue weighted by molar-refractivity contribution is 9.10. The van der Waals surface area contributed by atoms with Gasteiger partial charge >= 0.3 is 5.97 Å². The van der Waals surface area contributed by atoms with Crippen LogP contribution in [0.25, 0.3) is 0 Å². The summed E-state index contributed by atoms with van der Waals surface area (Å²) in [5.41, 5.74) is -0.220. The van der Waals surface area contributed by atoms with Crippen molar-refractivity contribution in [3.63, 3.8) is 0 Å². The van der Waals surface area contributed by atoms with Crippen molar-refractivity contribution in [2.24, 2.45) is 0 Å². The molecule has 1 aromatic carbocycles. The van der Waals surface area contributed by atoms with Gasteiger partial charge in [0.25, 0.3) is 10.0 Å². The van der Waals surface area contributed by atoms with Crippen LogP contribution in [0.15, 0.2) is 39.0 Å². The first-order valence-electron chi connectivity index (χ1n) is 5.39. The lowest BCUT2D eigenvalue weighted by Gasteiger charge is -2.09. The van der Waals surface area contributed by atoms with E-state index >= 15 is 0 Å². The van der Waals surface area contributed by atoms with Gasteiger partial charge in [0.05, 0.1) is 11.3 Å². The molecule has 1 heterocycles. The van der Waals surface area contributed by atoms with Crippen LogP contribution in [0.2, 0.25) is 0 Å². The fraction of sp³-hybridized carbons (Fsp3) is 0. The zero-order valence-electron chi connectivity index (χ0n) is 10.2. The SMILES string of the molecule is N#Cc1ccc(S(=O)(=O)Nc2cc(Br)ccc2C(=O)O)s1. The van der Waals surface area contributed by atoms with Crippen LogP contribution < -0.4 is 4.72 Å². The maximum atomic E-state index is 12.2. The number of carbonyl (C=O) groups is 1. The van der Waals surface area contributed by atoms with Crippen molar-refractivity contribution in [2.75, 3.05) is 4.72 Å². The zero-order chi connectivity index (χ0) is 15.6. The molecular formula is C12H7BrN2O4S2. The van der Waals surface area contributed by atoms with Gasteiger partial charge in [0.2, 0.25) is 0 Å². The number of thiophene rings is 1. The second-order valence-electron chi connectivity index (χ2n) is 3.83. The molecule has 2 rings (SSSR count). The molecule has 0 bridgehead atoms. The van der Waals surface area contributed by atoms with Gasteiger partial charge in [0, 0.05) is 4.47 Å². The number of sulfonamides is 1. The molecule has 108 valence electrons. The van der Waals surface area contributed by atoms with Gasteiger partial charge in [0.15, 0.2) is 0 Å². The summed E-state index contributed by atoms with van der Waals surface area (Å²) in [6.07, 6.45) is 0. The van der Waals surface area contributed by atoms with Gasteiger partial charge in [0.1, 0.15) is 15.2 Å². The number of nitrogens with zero attached hydrogens (tertiary/aromatic N) is 1. The molecule has 0 amide bonds. The van der Waals surface area contributed by atoms with Crippen molar-refractivity contribution >= 4 is 48.9 Å². The van der Waals surface area contributed by atoms with E-state index in [1.165, 1.54) is 30.3 Å². The molecule has 0 aliphatic rings. The van der Waals surface area contributed by atoms with Crippen LogP contribution in [0.5, 0.6) is 0 Å². The van der Waals surface area contributed by atoms with Gasteiger partial charge in [-0.25, -0.2) is 13.2 Å². The van der Waals surface area contributed by atoms with Gasteiger partial charge in [-0.3, -0.25) is 4.72 Å². The Hall–Kier alpha value is -1.89. The summed E-state index contributed by atoms with van der Waals surface area (Å²) in [4.78, 5) is 11.4. The van der Waals surface area contributed by atoms with Crippen LogP contribution in [0.4, 0.5) is 5.69 Å². The van der Waals surface area contributed by atoms with E-state index in [1.54, 1.807) is 0 Å². The van der Waals surface area contributed by atoms with Crippen molar-refractivity contribution in [3.8, 4) is 6.07 Å². The Morgan fingerprint density at radius 3 is 2.62 bits per heavy atom. The Labute approximate surface area is 132 Å². The molecule has 0 saturated heterocycles. The van der Waals surface area contributed by atoms with Gasteiger partial charge in [-0.15, -0.1) is 11.3 Å². The average molecular weight is 387 g/mol. The summed E-state index contributed by atoms with van der Waals surface area (Å²) in [7, 11) is -3.94. The highest BCUT2D eigenvalue weighted by atomic mass is 79.9. The number of anilines is 1. The first-order valence-corrected chi connectivity index (χ1v) is 8.48. The number of aromatic carboxylic acids is 1. The fourth-order valence-electron chi connectivity index (χ4n) is 1.51. The van der Waals surface area contributed by atoms with Gasteiger partial charge in [-0.05, 0) is 30.3 Å². The molecule has 21 heavy (non-hydrogen) atoms. The smallest absolute Gasteiger partial charge is 0.337 e. The highest BCUT2D eigenvalue weighted by Gasteiger charge is 2.20. The van der Waals surface area contributed by atoms with Gasteiger partial charge in [-0.1, -0.05) is 15.9 Å². The molecular weight excluding hydrogens is 380 g/mol. The van der Waals surface area contributed by atoms with Crippen molar-refractivity contribution in [1.29, 1.82) is 5.26 Å². The summed E-state index contributed by atoms with van der Waals surface area (Å²) in [5.74, 6) is -1.25. The second kappa shape index (κ2) is 5.85. The van der Waals surface area contributed by atoms with Crippen molar-refractivity contribution in [2.45, 2.75) is 4.21 Å². The van der Waals surface area contributed by atoms with Crippen molar-refractivity contribution in [3.05, 3.63) is 45.2 Å². The van der Waals surface area contributed by atoms with Crippen LogP contribution >= 0.6 is 27.3 Å². The summed E-state index contributed by atoms with van der Waals surface area (Å²) < 4.78 is 27.1. The lowest BCUT2D eigenvalue weighted by molar-refractivity contribution is 0.0698. The maximum absolute atomic E-state index is 12.2. The lowest BCUT2D eigenvalue weighted by atomic mass is 10.2. The third kappa shape index (κ3) is 3.41. The Morgan fingerprint density at radius 1 is 1.33 bits per heavy atom. The molecule has 9 heteroatoms. The predicted octanol–water partition coefficient (Wildman–Crippen LogP) is 2.88.